The molecule has 0 unspecified atom stereocenters. The van der Waals surface area contributed by atoms with Crippen LogP contribution in [0.3, 0.4) is 0 Å². The number of ether oxygens (including phenoxy) is 1. The molecular weight excluding hydrogens is 178 g/mol. The van der Waals surface area contributed by atoms with E-state index in [1.54, 1.807) is 7.11 Å². The third-order valence-corrected chi connectivity index (χ3v) is 2.22. The molecule has 0 saturated heterocycles. The lowest BCUT2D eigenvalue weighted by molar-refractivity contribution is 0.417. The number of rotatable bonds is 1. The fourth-order valence-electron chi connectivity index (χ4n) is 1.44. The topological polar surface area (TPSA) is 61.0 Å². The first-order valence-corrected chi connectivity index (χ1v) is 4.28. The van der Waals surface area contributed by atoms with E-state index < -0.39 is 0 Å². The van der Waals surface area contributed by atoms with Gasteiger partial charge in [0.1, 0.15) is 23.3 Å². The van der Waals surface area contributed by atoms with Gasteiger partial charge in [0.25, 0.3) is 0 Å². The predicted octanol–water partition coefficient (Wildman–Crippen LogP) is 1.53. The van der Waals surface area contributed by atoms with Crippen molar-refractivity contribution in [3.8, 4) is 5.75 Å². The molecule has 0 fully saturated rings. The summed E-state index contributed by atoms with van der Waals surface area (Å²) >= 11 is 0. The Bertz CT molecular complexity index is 482. The van der Waals surface area contributed by atoms with Gasteiger partial charge in [-0.1, -0.05) is 0 Å². The highest BCUT2D eigenvalue weighted by atomic mass is 16.5. The zero-order valence-corrected chi connectivity index (χ0v) is 8.11. The summed E-state index contributed by atoms with van der Waals surface area (Å²) in [5.74, 6) is 0.649. The molecule has 1 aromatic carbocycles. The van der Waals surface area contributed by atoms with Gasteiger partial charge in [-0.25, -0.2) is 9.97 Å². The maximum Gasteiger partial charge on any atom is 0.144 e. The molecule has 0 spiro atoms. The van der Waals surface area contributed by atoms with E-state index in [0.717, 1.165) is 16.6 Å². The minimum Gasteiger partial charge on any atom is -0.495 e. The number of aromatic nitrogens is 2. The van der Waals surface area contributed by atoms with Crippen molar-refractivity contribution in [2.24, 2.45) is 0 Å². The molecule has 0 saturated carbocycles. The van der Waals surface area contributed by atoms with Crippen molar-refractivity contribution in [1.29, 1.82) is 0 Å². The van der Waals surface area contributed by atoms with Crippen LogP contribution in [0.5, 0.6) is 5.75 Å². The fraction of sp³-hybridized carbons (Fsp3) is 0.200. The SMILES string of the molecule is COc1ccc2c(C)ncnc2c1N. The van der Waals surface area contributed by atoms with Crippen LogP contribution in [0.15, 0.2) is 18.5 Å². The van der Waals surface area contributed by atoms with Crippen molar-refractivity contribution in [3.05, 3.63) is 24.2 Å². The monoisotopic (exact) mass is 189 g/mol. The van der Waals surface area contributed by atoms with Crippen molar-refractivity contribution in [1.82, 2.24) is 9.97 Å². The first kappa shape index (κ1) is 8.74. The Balaban J connectivity index is 2.84. The van der Waals surface area contributed by atoms with E-state index >= 15 is 0 Å². The number of nitrogen functional groups attached to an aromatic ring is 1. The Morgan fingerprint density at radius 1 is 1.29 bits per heavy atom. The summed E-state index contributed by atoms with van der Waals surface area (Å²) < 4.78 is 5.11. The molecule has 14 heavy (non-hydrogen) atoms. The standard InChI is InChI=1S/C10H11N3O/c1-6-7-3-4-8(14-2)9(11)10(7)13-5-12-6/h3-5H,11H2,1-2H3. The van der Waals surface area contributed by atoms with Crippen molar-refractivity contribution >= 4 is 16.6 Å². The third-order valence-electron chi connectivity index (χ3n) is 2.22. The van der Waals surface area contributed by atoms with E-state index in [1.807, 2.05) is 19.1 Å². The Morgan fingerprint density at radius 3 is 2.79 bits per heavy atom. The second-order valence-electron chi connectivity index (χ2n) is 3.04. The van der Waals surface area contributed by atoms with E-state index in [1.165, 1.54) is 6.33 Å². The number of hydrogen-bond donors (Lipinski definition) is 1. The number of hydrogen-bond acceptors (Lipinski definition) is 4. The lowest BCUT2D eigenvalue weighted by Crippen LogP contribution is -1.96. The molecule has 72 valence electrons. The summed E-state index contributed by atoms with van der Waals surface area (Å²) in [6.07, 6.45) is 1.51. The van der Waals surface area contributed by atoms with Gasteiger partial charge in [0.15, 0.2) is 0 Å². The van der Waals surface area contributed by atoms with Crippen molar-refractivity contribution in [2.75, 3.05) is 12.8 Å². The molecule has 0 aliphatic heterocycles. The van der Waals surface area contributed by atoms with Gasteiger partial charge in [-0.05, 0) is 19.1 Å². The van der Waals surface area contributed by atoms with Gasteiger partial charge >= 0.3 is 0 Å². The summed E-state index contributed by atoms with van der Waals surface area (Å²) in [6.45, 7) is 1.93. The number of benzene rings is 1. The molecular formula is C10H11N3O. The van der Waals surface area contributed by atoms with Crippen LogP contribution in [0.4, 0.5) is 5.69 Å². The molecule has 2 aromatic rings. The van der Waals surface area contributed by atoms with Crippen molar-refractivity contribution in [2.45, 2.75) is 6.92 Å². The number of fused-ring (bicyclic) bond motifs is 1. The zero-order valence-electron chi connectivity index (χ0n) is 8.11. The van der Waals surface area contributed by atoms with Crippen LogP contribution in [-0.4, -0.2) is 17.1 Å². The first-order valence-electron chi connectivity index (χ1n) is 4.28. The average Bonchev–Trinajstić information content (AvgIpc) is 2.20. The lowest BCUT2D eigenvalue weighted by Gasteiger charge is -2.07. The van der Waals surface area contributed by atoms with Crippen molar-refractivity contribution in [3.63, 3.8) is 0 Å². The Kier molecular flexibility index (Phi) is 1.96. The zero-order chi connectivity index (χ0) is 10.1. The largest absolute Gasteiger partial charge is 0.495 e. The predicted molar refractivity (Wildman–Crippen MR) is 55.2 cm³/mol. The highest BCUT2D eigenvalue weighted by molar-refractivity contribution is 5.93. The molecule has 2 rings (SSSR count). The van der Waals surface area contributed by atoms with E-state index in [2.05, 4.69) is 9.97 Å². The maximum absolute atomic E-state index is 5.88. The van der Waals surface area contributed by atoms with Gasteiger partial charge < -0.3 is 10.5 Å². The second-order valence-corrected chi connectivity index (χ2v) is 3.04. The van der Waals surface area contributed by atoms with E-state index in [4.69, 9.17) is 10.5 Å². The quantitative estimate of drug-likeness (QED) is 0.691. The third kappa shape index (κ3) is 1.16. The Labute approximate surface area is 81.7 Å². The van der Waals surface area contributed by atoms with E-state index in [0.29, 0.717) is 11.4 Å². The van der Waals surface area contributed by atoms with Gasteiger partial charge in [0, 0.05) is 11.1 Å². The summed E-state index contributed by atoms with van der Waals surface area (Å²) in [4.78, 5) is 8.23. The minimum atomic E-state index is 0.565. The Morgan fingerprint density at radius 2 is 2.07 bits per heavy atom. The maximum atomic E-state index is 5.88. The number of aryl methyl sites for hydroxylation is 1. The molecule has 4 heteroatoms. The smallest absolute Gasteiger partial charge is 0.144 e. The molecule has 0 aliphatic rings. The van der Waals surface area contributed by atoms with E-state index in [9.17, 15) is 0 Å². The summed E-state index contributed by atoms with van der Waals surface area (Å²) in [5.41, 5.74) is 8.12. The highest BCUT2D eigenvalue weighted by Gasteiger charge is 2.07. The Hall–Kier alpha value is -1.84. The van der Waals surface area contributed by atoms with Crippen molar-refractivity contribution < 1.29 is 4.74 Å². The van der Waals surface area contributed by atoms with Gasteiger partial charge in [-0.2, -0.15) is 0 Å². The number of nitrogens with two attached hydrogens (primary N) is 1. The molecule has 0 aliphatic carbocycles. The minimum absolute atomic E-state index is 0.565. The fourth-order valence-corrected chi connectivity index (χ4v) is 1.44. The number of methoxy groups -OCH3 is 1. The first-order chi connectivity index (χ1) is 6.74. The van der Waals surface area contributed by atoms with Crippen LogP contribution >= 0.6 is 0 Å². The summed E-state index contributed by atoms with van der Waals surface area (Å²) in [5, 5.41) is 0.964. The molecule has 1 heterocycles. The van der Waals surface area contributed by atoms with Crippen LogP contribution in [-0.2, 0) is 0 Å². The van der Waals surface area contributed by atoms with Crippen LogP contribution in [0.2, 0.25) is 0 Å². The highest BCUT2D eigenvalue weighted by Crippen LogP contribution is 2.29. The molecule has 0 bridgehead atoms. The summed E-state index contributed by atoms with van der Waals surface area (Å²) in [7, 11) is 1.59. The van der Waals surface area contributed by atoms with Crippen LogP contribution < -0.4 is 10.5 Å². The molecule has 1 aromatic heterocycles. The van der Waals surface area contributed by atoms with Gasteiger partial charge in [-0.15, -0.1) is 0 Å². The van der Waals surface area contributed by atoms with Gasteiger partial charge in [-0.3, -0.25) is 0 Å². The van der Waals surface area contributed by atoms with Gasteiger partial charge in [0.05, 0.1) is 7.11 Å². The van der Waals surface area contributed by atoms with Crippen LogP contribution in [0, 0.1) is 6.92 Å². The average molecular weight is 189 g/mol. The van der Waals surface area contributed by atoms with Crippen LogP contribution in [0.25, 0.3) is 10.9 Å². The normalized spacial score (nSPS) is 10.4. The molecule has 0 radical (unpaired) electrons. The van der Waals surface area contributed by atoms with E-state index in [-0.39, 0.29) is 0 Å². The van der Waals surface area contributed by atoms with Crippen LogP contribution in [0.1, 0.15) is 5.69 Å². The molecule has 0 atom stereocenters. The molecule has 0 amide bonds. The lowest BCUT2D eigenvalue weighted by atomic mass is 10.1. The number of nitrogens with zero attached hydrogens (tertiary/aromatic N) is 2. The summed E-state index contributed by atoms with van der Waals surface area (Å²) in [6, 6.07) is 3.74. The molecule has 2 N–H and O–H groups in total. The number of anilines is 1. The molecule has 4 nitrogen and oxygen atoms in total. The second kappa shape index (κ2) is 3.14. The van der Waals surface area contributed by atoms with Gasteiger partial charge in [0.2, 0.25) is 0 Å².